The third-order valence-electron chi connectivity index (χ3n) is 2.31. The van der Waals surface area contributed by atoms with Crippen LogP contribution in [-0.2, 0) is 6.18 Å². The number of imidazole rings is 1. The Morgan fingerprint density at radius 3 is 2.61 bits per heavy atom. The van der Waals surface area contributed by atoms with Crippen LogP contribution in [0.1, 0.15) is 16.1 Å². The molecule has 7 heteroatoms. The average Bonchev–Trinajstić information content (AvgIpc) is 2.77. The van der Waals surface area contributed by atoms with Gasteiger partial charge in [-0.1, -0.05) is 6.07 Å². The highest BCUT2D eigenvalue weighted by Gasteiger charge is 2.30. The van der Waals surface area contributed by atoms with Gasteiger partial charge in [0.05, 0.1) is 5.56 Å². The minimum absolute atomic E-state index is 0.00703. The number of carbonyl (C=O) groups excluding carboxylic acids is 1. The summed E-state index contributed by atoms with van der Waals surface area (Å²) in [6, 6.07) is 4.69. The largest absolute Gasteiger partial charge is 0.416 e. The van der Waals surface area contributed by atoms with Gasteiger partial charge >= 0.3 is 6.18 Å². The molecule has 1 amide bonds. The number of nitrogens with zero attached hydrogens (tertiary/aromatic N) is 2. The second-order valence-electron chi connectivity index (χ2n) is 3.58. The van der Waals surface area contributed by atoms with Gasteiger partial charge in [-0.05, 0) is 18.2 Å². The molecule has 0 atom stereocenters. The summed E-state index contributed by atoms with van der Waals surface area (Å²) in [4.78, 5) is 14.5. The van der Waals surface area contributed by atoms with E-state index in [4.69, 9.17) is 5.73 Å². The zero-order valence-corrected chi connectivity index (χ0v) is 8.98. The molecule has 94 valence electrons. The van der Waals surface area contributed by atoms with E-state index in [-0.39, 0.29) is 11.4 Å². The molecule has 4 nitrogen and oxygen atoms in total. The summed E-state index contributed by atoms with van der Waals surface area (Å²) in [5, 5.41) is 0. The molecule has 0 fully saturated rings. The molecule has 0 unspecified atom stereocenters. The van der Waals surface area contributed by atoms with Gasteiger partial charge in [0.1, 0.15) is 12.0 Å². The molecular weight excluding hydrogens is 247 g/mol. The molecule has 0 aliphatic rings. The van der Waals surface area contributed by atoms with Gasteiger partial charge in [-0.3, -0.25) is 4.79 Å². The van der Waals surface area contributed by atoms with Gasteiger partial charge in [0, 0.05) is 11.9 Å². The Labute approximate surface area is 99.9 Å². The molecule has 2 aromatic rings. The van der Waals surface area contributed by atoms with Gasteiger partial charge in [-0.25, -0.2) is 4.98 Å². The second-order valence-corrected chi connectivity index (χ2v) is 3.58. The van der Waals surface area contributed by atoms with Crippen molar-refractivity contribution in [1.29, 1.82) is 0 Å². The summed E-state index contributed by atoms with van der Waals surface area (Å²) < 4.78 is 38.9. The summed E-state index contributed by atoms with van der Waals surface area (Å²) in [7, 11) is 0. The van der Waals surface area contributed by atoms with Crippen molar-refractivity contribution < 1.29 is 18.0 Å². The fourth-order valence-corrected chi connectivity index (χ4v) is 1.43. The lowest BCUT2D eigenvalue weighted by Gasteiger charge is -2.08. The van der Waals surface area contributed by atoms with Gasteiger partial charge < -0.3 is 10.3 Å². The first-order valence-corrected chi connectivity index (χ1v) is 4.89. The van der Waals surface area contributed by atoms with Crippen LogP contribution in [-0.4, -0.2) is 15.5 Å². The second kappa shape index (κ2) is 4.17. The number of primary amides is 1. The molecule has 0 aliphatic carbocycles. The van der Waals surface area contributed by atoms with Crippen molar-refractivity contribution in [3.05, 3.63) is 48.0 Å². The van der Waals surface area contributed by atoms with Crippen molar-refractivity contribution in [2.45, 2.75) is 6.18 Å². The highest BCUT2D eigenvalue weighted by Crippen LogP contribution is 2.30. The summed E-state index contributed by atoms with van der Waals surface area (Å²) in [6.07, 6.45) is -1.91. The van der Waals surface area contributed by atoms with Gasteiger partial charge in [-0.2, -0.15) is 13.2 Å². The molecule has 1 aromatic carbocycles. The quantitative estimate of drug-likeness (QED) is 0.892. The molecule has 0 saturated carbocycles. The van der Waals surface area contributed by atoms with Crippen LogP contribution in [0, 0.1) is 0 Å². The van der Waals surface area contributed by atoms with Crippen LogP contribution < -0.4 is 5.73 Å². The van der Waals surface area contributed by atoms with Crippen molar-refractivity contribution in [2.24, 2.45) is 5.73 Å². The first-order valence-electron chi connectivity index (χ1n) is 4.89. The Morgan fingerprint density at radius 2 is 2.06 bits per heavy atom. The standard InChI is InChI=1S/C11H8F3N3O/c12-11(13,14)7-2-1-3-8(4-7)17-5-9(10(15)18)16-6-17/h1-6H,(H2,15,18). The van der Waals surface area contributed by atoms with Gasteiger partial charge in [-0.15, -0.1) is 0 Å². The van der Waals surface area contributed by atoms with E-state index in [9.17, 15) is 18.0 Å². The van der Waals surface area contributed by atoms with Crippen LogP contribution >= 0.6 is 0 Å². The lowest BCUT2D eigenvalue weighted by Crippen LogP contribution is -2.11. The van der Waals surface area contributed by atoms with Crippen LogP contribution in [0.5, 0.6) is 0 Å². The highest BCUT2D eigenvalue weighted by molar-refractivity contribution is 5.90. The van der Waals surface area contributed by atoms with Gasteiger partial charge in [0.25, 0.3) is 5.91 Å². The number of benzene rings is 1. The monoisotopic (exact) mass is 255 g/mol. The Bertz CT molecular complexity index is 589. The van der Waals surface area contributed by atoms with E-state index in [0.29, 0.717) is 0 Å². The number of aromatic nitrogens is 2. The number of hydrogen-bond acceptors (Lipinski definition) is 2. The van der Waals surface area contributed by atoms with E-state index < -0.39 is 17.6 Å². The number of alkyl halides is 3. The first-order chi connectivity index (χ1) is 8.38. The van der Waals surface area contributed by atoms with Gasteiger partial charge in [0.15, 0.2) is 0 Å². The molecule has 0 radical (unpaired) electrons. The molecule has 18 heavy (non-hydrogen) atoms. The predicted molar refractivity (Wildman–Crippen MR) is 57.1 cm³/mol. The van der Waals surface area contributed by atoms with E-state index >= 15 is 0 Å². The maximum Gasteiger partial charge on any atom is 0.416 e. The topological polar surface area (TPSA) is 60.9 Å². The zero-order chi connectivity index (χ0) is 13.3. The smallest absolute Gasteiger partial charge is 0.364 e. The predicted octanol–water partition coefficient (Wildman–Crippen LogP) is 1.99. The zero-order valence-electron chi connectivity index (χ0n) is 8.98. The minimum Gasteiger partial charge on any atom is -0.364 e. The first kappa shape index (κ1) is 12.2. The summed E-state index contributed by atoms with van der Waals surface area (Å²) in [5.74, 6) is -0.735. The molecule has 1 heterocycles. The van der Waals surface area contributed by atoms with Crippen molar-refractivity contribution >= 4 is 5.91 Å². The van der Waals surface area contributed by atoms with Crippen molar-refractivity contribution in [1.82, 2.24) is 9.55 Å². The minimum atomic E-state index is -4.41. The SMILES string of the molecule is NC(=O)c1cn(-c2cccc(C(F)(F)F)c2)cn1. The Hall–Kier alpha value is -2.31. The number of hydrogen-bond donors (Lipinski definition) is 1. The molecule has 0 saturated heterocycles. The Kier molecular flexibility index (Phi) is 2.82. The van der Waals surface area contributed by atoms with E-state index in [0.717, 1.165) is 12.1 Å². The number of rotatable bonds is 2. The maximum atomic E-state index is 12.5. The van der Waals surface area contributed by atoms with E-state index in [1.807, 2.05) is 0 Å². The maximum absolute atomic E-state index is 12.5. The number of nitrogens with two attached hydrogens (primary N) is 1. The fraction of sp³-hybridized carbons (Fsp3) is 0.0909. The molecule has 2 N–H and O–H groups in total. The third kappa shape index (κ3) is 2.34. The summed E-state index contributed by atoms with van der Waals surface area (Å²) >= 11 is 0. The van der Waals surface area contributed by atoms with E-state index in [2.05, 4.69) is 4.98 Å². The Balaban J connectivity index is 2.41. The number of carbonyl (C=O) groups is 1. The Morgan fingerprint density at radius 1 is 1.33 bits per heavy atom. The molecule has 0 bridgehead atoms. The van der Waals surface area contributed by atoms with Gasteiger partial charge in [0.2, 0.25) is 0 Å². The van der Waals surface area contributed by atoms with Crippen molar-refractivity contribution in [2.75, 3.05) is 0 Å². The lowest BCUT2D eigenvalue weighted by atomic mass is 10.2. The molecule has 0 aliphatic heterocycles. The number of halogens is 3. The third-order valence-corrected chi connectivity index (χ3v) is 2.31. The van der Waals surface area contributed by atoms with Crippen LogP contribution in [0.2, 0.25) is 0 Å². The highest BCUT2D eigenvalue weighted by atomic mass is 19.4. The van der Waals surface area contributed by atoms with Crippen LogP contribution in [0.4, 0.5) is 13.2 Å². The van der Waals surface area contributed by atoms with E-state index in [1.54, 1.807) is 0 Å². The van der Waals surface area contributed by atoms with E-state index in [1.165, 1.54) is 29.2 Å². The normalized spacial score (nSPS) is 11.5. The lowest BCUT2D eigenvalue weighted by molar-refractivity contribution is -0.137. The van der Waals surface area contributed by atoms with Crippen LogP contribution in [0.15, 0.2) is 36.8 Å². The fourth-order valence-electron chi connectivity index (χ4n) is 1.43. The van der Waals surface area contributed by atoms with Crippen LogP contribution in [0.3, 0.4) is 0 Å². The summed E-state index contributed by atoms with van der Waals surface area (Å²) in [5.41, 5.74) is 4.49. The molecular formula is C11H8F3N3O. The summed E-state index contributed by atoms with van der Waals surface area (Å²) in [6.45, 7) is 0. The van der Waals surface area contributed by atoms with Crippen molar-refractivity contribution in [3.63, 3.8) is 0 Å². The molecule has 0 spiro atoms. The van der Waals surface area contributed by atoms with Crippen molar-refractivity contribution in [3.8, 4) is 5.69 Å². The average molecular weight is 255 g/mol. The number of amides is 1. The molecule has 1 aromatic heterocycles. The molecule has 2 rings (SSSR count). The van der Waals surface area contributed by atoms with Crippen LogP contribution in [0.25, 0.3) is 5.69 Å².